The van der Waals surface area contributed by atoms with Crippen LogP contribution in [0.25, 0.3) is 0 Å². The maximum atomic E-state index is 8.87. The molecule has 0 aromatic carbocycles. The van der Waals surface area contributed by atoms with Crippen LogP contribution in [0.5, 0.6) is 0 Å². The van der Waals surface area contributed by atoms with Crippen LogP contribution in [0.3, 0.4) is 0 Å². The maximum Gasteiger partial charge on any atom is 0.0728 e. The van der Waals surface area contributed by atoms with Crippen LogP contribution in [0.15, 0.2) is 12.4 Å². The third kappa shape index (κ3) is 3.48. The van der Waals surface area contributed by atoms with E-state index in [1.165, 1.54) is 19.3 Å². The predicted octanol–water partition coefficient (Wildman–Crippen LogP) is 2.50. The molecule has 1 aromatic rings. The molecule has 2 N–H and O–H groups in total. The molecule has 0 aliphatic heterocycles. The van der Waals surface area contributed by atoms with E-state index in [-0.39, 0.29) is 6.61 Å². The SMILES string of the molecule is CC1CC(Nc2cnn(CCO)c2)CC(C)(C)C1. The molecule has 0 saturated heterocycles. The Kier molecular flexibility index (Phi) is 3.95. The molecule has 0 radical (unpaired) electrons. The molecule has 2 atom stereocenters. The third-order valence-corrected chi connectivity index (χ3v) is 3.72. The van der Waals surface area contributed by atoms with Gasteiger partial charge in [-0.1, -0.05) is 20.8 Å². The minimum atomic E-state index is 0.134. The van der Waals surface area contributed by atoms with E-state index in [9.17, 15) is 0 Å². The fourth-order valence-corrected chi connectivity index (χ4v) is 3.35. The molecule has 0 spiro atoms. The minimum absolute atomic E-state index is 0.134. The van der Waals surface area contributed by atoms with Crippen molar-refractivity contribution in [1.29, 1.82) is 0 Å². The lowest BCUT2D eigenvalue weighted by Crippen LogP contribution is -2.35. The monoisotopic (exact) mass is 251 g/mol. The van der Waals surface area contributed by atoms with Gasteiger partial charge in [0.05, 0.1) is 25.0 Å². The van der Waals surface area contributed by atoms with Gasteiger partial charge in [-0.05, 0) is 30.6 Å². The summed E-state index contributed by atoms with van der Waals surface area (Å²) >= 11 is 0. The lowest BCUT2D eigenvalue weighted by Gasteiger charge is -2.39. The van der Waals surface area contributed by atoms with E-state index in [1.807, 2.05) is 12.4 Å². The second kappa shape index (κ2) is 5.31. The van der Waals surface area contributed by atoms with E-state index in [2.05, 4.69) is 31.2 Å². The molecule has 1 aliphatic carbocycles. The van der Waals surface area contributed by atoms with E-state index in [0.29, 0.717) is 18.0 Å². The van der Waals surface area contributed by atoms with Crippen molar-refractivity contribution in [1.82, 2.24) is 9.78 Å². The van der Waals surface area contributed by atoms with Gasteiger partial charge in [0.1, 0.15) is 0 Å². The van der Waals surface area contributed by atoms with Gasteiger partial charge in [0, 0.05) is 12.2 Å². The van der Waals surface area contributed by atoms with Gasteiger partial charge in [-0.3, -0.25) is 4.68 Å². The zero-order chi connectivity index (χ0) is 13.2. The quantitative estimate of drug-likeness (QED) is 0.864. The summed E-state index contributed by atoms with van der Waals surface area (Å²) in [6, 6.07) is 0.538. The van der Waals surface area contributed by atoms with Crippen LogP contribution in [-0.4, -0.2) is 27.5 Å². The fraction of sp³-hybridized carbons (Fsp3) is 0.786. The summed E-state index contributed by atoms with van der Waals surface area (Å²) < 4.78 is 1.78. The maximum absolute atomic E-state index is 8.87. The molecular weight excluding hydrogens is 226 g/mol. The summed E-state index contributed by atoms with van der Waals surface area (Å²) in [7, 11) is 0. The Hall–Kier alpha value is -1.03. The molecule has 4 nitrogen and oxygen atoms in total. The van der Waals surface area contributed by atoms with Gasteiger partial charge in [0.15, 0.2) is 0 Å². The van der Waals surface area contributed by atoms with Gasteiger partial charge in [-0.2, -0.15) is 5.10 Å². The number of hydrogen-bond donors (Lipinski definition) is 2. The summed E-state index contributed by atoms with van der Waals surface area (Å²) in [6.45, 7) is 7.74. The molecule has 1 aromatic heterocycles. The van der Waals surface area contributed by atoms with Crippen LogP contribution in [0.2, 0.25) is 0 Å². The standard InChI is InChI=1S/C14H25N3O/c1-11-6-12(8-14(2,3)7-11)16-13-9-15-17(10-13)4-5-18/h9-12,16,18H,4-8H2,1-3H3. The highest BCUT2D eigenvalue weighted by atomic mass is 16.3. The highest BCUT2D eigenvalue weighted by molar-refractivity contribution is 5.39. The second-order valence-corrected chi connectivity index (χ2v) is 6.47. The molecule has 18 heavy (non-hydrogen) atoms. The Morgan fingerprint density at radius 1 is 1.50 bits per heavy atom. The van der Waals surface area contributed by atoms with Gasteiger partial charge >= 0.3 is 0 Å². The van der Waals surface area contributed by atoms with Crippen LogP contribution >= 0.6 is 0 Å². The Morgan fingerprint density at radius 2 is 2.28 bits per heavy atom. The first kappa shape index (κ1) is 13.4. The van der Waals surface area contributed by atoms with E-state index in [0.717, 1.165) is 11.6 Å². The Bertz CT molecular complexity index is 386. The molecule has 2 rings (SSSR count). The average Bonchev–Trinajstić information content (AvgIpc) is 2.62. The number of nitrogens with one attached hydrogen (secondary N) is 1. The first-order chi connectivity index (χ1) is 8.48. The van der Waals surface area contributed by atoms with Crippen molar-refractivity contribution < 1.29 is 5.11 Å². The van der Waals surface area contributed by atoms with E-state index >= 15 is 0 Å². The summed E-state index contributed by atoms with van der Waals surface area (Å²) in [5.41, 5.74) is 1.49. The zero-order valence-electron chi connectivity index (χ0n) is 11.7. The number of rotatable bonds is 4. The first-order valence-electron chi connectivity index (χ1n) is 6.88. The number of aliphatic hydroxyl groups excluding tert-OH is 1. The number of aromatic nitrogens is 2. The van der Waals surface area contributed by atoms with Crippen LogP contribution in [0.1, 0.15) is 40.0 Å². The largest absolute Gasteiger partial charge is 0.394 e. The van der Waals surface area contributed by atoms with E-state index < -0.39 is 0 Å². The second-order valence-electron chi connectivity index (χ2n) is 6.47. The van der Waals surface area contributed by atoms with E-state index in [4.69, 9.17) is 5.11 Å². The number of anilines is 1. The first-order valence-corrected chi connectivity index (χ1v) is 6.88. The van der Waals surface area contributed by atoms with Crippen molar-refractivity contribution in [3.8, 4) is 0 Å². The summed E-state index contributed by atoms with van der Waals surface area (Å²) in [5, 5.41) is 16.7. The van der Waals surface area contributed by atoms with Crippen molar-refractivity contribution in [2.45, 2.75) is 52.6 Å². The molecule has 0 amide bonds. The van der Waals surface area contributed by atoms with Gasteiger partial charge < -0.3 is 10.4 Å². The van der Waals surface area contributed by atoms with Crippen LogP contribution in [0.4, 0.5) is 5.69 Å². The summed E-state index contributed by atoms with van der Waals surface area (Å²) in [5.74, 6) is 0.777. The molecule has 102 valence electrons. The predicted molar refractivity (Wildman–Crippen MR) is 73.5 cm³/mol. The minimum Gasteiger partial charge on any atom is -0.394 e. The van der Waals surface area contributed by atoms with Crippen LogP contribution < -0.4 is 5.32 Å². The van der Waals surface area contributed by atoms with Crippen LogP contribution in [0, 0.1) is 11.3 Å². The average molecular weight is 251 g/mol. The van der Waals surface area contributed by atoms with Gasteiger partial charge in [0.25, 0.3) is 0 Å². The molecule has 2 unspecified atom stereocenters. The number of nitrogens with zero attached hydrogens (tertiary/aromatic N) is 2. The highest BCUT2D eigenvalue weighted by Gasteiger charge is 2.31. The molecule has 1 saturated carbocycles. The Labute approximate surface area is 109 Å². The number of hydrogen-bond acceptors (Lipinski definition) is 3. The molecule has 4 heteroatoms. The molecular formula is C14H25N3O. The fourth-order valence-electron chi connectivity index (χ4n) is 3.35. The van der Waals surface area contributed by atoms with Crippen molar-refractivity contribution in [3.63, 3.8) is 0 Å². The van der Waals surface area contributed by atoms with Crippen molar-refractivity contribution in [3.05, 3.63) is 12.4 Å². The zero-order valence-corrected chi connectivity index (χ0v) is 11.7. The third-order valence-electron chi connectivity index (χ3n) is 3.72. The normalized spacial score (nSPS) is 27.1. The molecule has 0 bridgehead atoms. The smallest absolute Gasteiger partial charge is 0.0728 e. The van der Waals surface area contributed by atoms with Gasteiger partial charge in [-0.25, -0.2) is 0 Å². The van der Waals surface area contributed by atoms with Crippen molar-refractivity contribution in [2.24, 2.45) is 11.3 Å². The Morgan fingerprint density at radius 3 is 2.94 bits per heavy atom. The summed E-state index contributed by atoms with van der Waals surface area (Å²) in [4.78, 5) is 0. The van der Waals surface area contributed by atoms with Gasteiger partial charge in [-0.15, -0.1) is 0 Å². The topological polar surface area (TPSA) is 50.1 Å². The number of aliphatic hydroxyl groups is 1. The highest BCUT2D eigenvalue weighted by Crippen LogP contribution is 2.39. The molecule has 1 fully saturated rings. The van der Waals surface area contributed by atoms with E-state index in [1.54, 1.807) is 4.68 Å². The van der Waals surface area contributed by atoms with Crippen LogP contribution in [-0.2, 0) is 6.54 Å². The lowest BCUT2D eigenvalue weighted by molar-refractivity contribution is 0.178. The molecule has 1 aliphatic rings. The Balaban J connectivity index is 1.95. The lowest BCUT2D eigenvalue weighted by atomic mass is 9.70. The molecule has 1 heterocycles. The van der Waals surface area contributed by atoms with Crippen molar-refractivity contribution in [2.75, 3.05) is 11.9 Å². The summed E-state index contributed by atoms with van der Waals surface area (Å²) in [6.07, 6.45) is 7.58. The van der Waals surface area contributed by atoms with Gasteiger partial charge in [0.2, 0.25) is 0 Å². The van der Waals surface area contributed by atoms with Crippen molar-refractivity contribution >= 4 is 5.69 Å².